The molecule has 0 atom stereocenters. The maximum absolute atomic E-state index is 13.4. The fourth-order valence-electron chi connectivity index (χ4n) is 2.71. The van der Waals surface area contributed by atoms with E-state index in [1.807, 2.05) is 12.1 Å². The molecule has 0 aliphatic rings. The highest BCUT2D eigenvalue weighted by Gasteiger charge is 2.16. The second kappa shape index (κ2) is 6.12. The summed E-state index contributed by atoms with van der Waals surface area (Å²) in [5, 5.41) is 13.1. The van der Waals surface area contributed by atoms with Crippen molar-refractivity contribution in [3.63, 3.8) is 0 Å². The molecule has 0 aliphatic carbocycles. The molecule has 0 bridgehead atoms. The molecular formula is C18H17FN2O2. The summed E-state index contributed by atoms with van der Waals surface area (Å²) >= 11 is 0. The minimum Gasteiger partial charge on any atom is -0.508 e. The number of carbonyl (C=O) groups excluding carboxylic acids is 1. The highest BCUT2D eigenvalue weighted by molar-refractivity contribution is 6.08. The average molecular weight is 312 g/mol. The van der Waals surface area contributed by atoms with Crippen LogP contribution >= 0.6 is 0 Å². The largest absolute Gasteiger partial charge is 0.508 e. The summed E-state index contributed by atoms with van der Waals surface area (Å²) in [4.78, 5) is 15.5. The molecule has 118 valence electrons. The number of nitrogens with one attached hydrogen (secondary N) is 2. The Morgan fingerprint density at radius 1 is 1.26 bits per heavy atom. The Morgan fingerprint density at radius 3 is 2.83 bits per heavy atom. The van der Waals surface area contributed by atoms with Crippen LogP contribution in [0.2, 0.25) is 0 Å². The third-order valence-corrected chi connectivity index (χ3v) is 3.85. The molecule has 0 saturated heterocycles. The monoisotopic (exact) mass is 312 g/mol. The highest BCUT2D eigenvalue weighted by atomic mass is 19.1. The summed E-state index contributed by atoms with van der Waals surface area (Å²) in [6.45, 7) is 2.17. The number of aromatic hydroxyl groups is 1. The third-order valence-electron chi connectivity index (χ3n) is 3.85. The zero-order valence-electron chi connectivity index (χ0n) is 12.7. The van der Waals surface area contributed by atoms with Gasteiger partial charge < -0.3 is 15.4 Å². The van der Waals surface area contributed by atoms with Gasteiger partial charge in [0.25, 0.3) is 5.91 Å². The number of rotatable bonds is 4. The van der Waals surface area contributed by atoms with Crippen molar-refractivity contribution in [2.75, 3.05) is 6.54 Å². The van der Waals surface area contributed by atoms with E-state index in [2.05, 4.69) is 10.3 Å². The summed E-state index contributed by atoms with van der Waals surface area (Å²) in [5.74, 6) is -0.415. The SMILES string of the molecule is Cc1[nH]c2ccc(F)cc2c1C(=O)NCCc1ccccc1O. The number of halogens is 1. The molecule has 2 aromatic carbocycles. The Bertz CT molecular complexity index is 871. The molecule has 0 saturated carbocycles. The maximum Gasteiger partial charge on any atom is 0.253 e. The smallest absolute Gasteiger partial charge is 0.253 e. The number of aryl methyl sites for hydroxylation is 1. The lowest BCUT2D eigenvalue weighted by molar-refractivity contribution is 0.0955. The van der Waals surface area contributed by atoms with Crippen molar-refractivity contribution >= 4 is 16.8 Å². The summed E-state index contributed by atoms with van der Waals surface area (Å²) in [7, 11) is 0. The average Bonchev–Trinajstić information content (AvgIpc) is 2.84. The maximum atomic E-state index is 13.4. The van der Waals surface area contributed by atoms with Gasteiger partial charge in [0.05, 0.1) is 5.56 Å². The number of phenols is 1. The van der Waals surface area contributed by atoms with Crippen molar-refractivity contribution in [1.29, 1.82) is 0 Å². The van der Waals surface area contributed by atoms with Crippen LogP contribution in [0.25, 0.3) is 10.9 Å². The van der Waals surface area contributed by atoms with Crippen LogP contribution in [0.4, 0.5) is 4.39 Å². The van der Waals surface area contributed by atoms with Crippen LogP contribution in [0, 0.1) is 12.7 Å². The Morgan fingerprint density at radius 2 is 2.04 bits per heavy atom. The van der Waals surface area contributed by atoms with Crippen molar-refractivity contribution in [3.05, 3.63) is 65.1 Å². The van der Waals surface area contributed by atoms with Gasteiger partial charge in [-0.15, -0.1) is 0 Å². The number of benzene rings is 2. The minimum atomic E-state index is -0.375. The lowest BCUT2D eigenvalue weighted by Gasteiger charge is -2.07. The standard InChI is InChI=1S/C18H17FN2O2/c1-11-17(14-10-13(19)6-7-15(14)21-11)18(23)20-9-8-12-4-2-3-5-16(12)22/h2-7,10,21-22H,8-9H2,1H3,(H,20,23). The molecule has 5 heteroatoms. The van der Waals surface area contributed by atoms with E-state index in [1.165, 1.54) is 12.1 Å². The molecule has 1 aromatic heterocycles. The van der Waals surface area contributed by atoms with Crippen LogP contribution in [-0.2, 0) is 6.42 Å². The number of carbonyl (C=O) groups is 1. The fourth-order valence-corrected chi connectivity index (χ4v) is 2.71. The van der Waals surface area contributed by atoms with Gasteiger partial charge in [0, 0.05) is 23.1 Å². The van der Waals surface area contributed by atoms with Gasteiger partial charge in [-0.05, 0) is 43.2 Å². The third kappa shape index (κ3) is 3.04. The summed E-state index contributed by atoms with van der Waals surface area (Å²) in [6, 6.07) is 11.4. The molecule has 0 spiro atoms. The fraction of sp³-hybridized carbons (Fsp3) is 0.167. The van der Waals surface area contributed by atoms with Crippen molar-refractivity contribution in [3.8, 4) is 5.75 Å². The van der Waals surface area contributed by atoms with E-state index in [1.54, 1.807) is 25.1 Å². The van der Waals surface area contributed by atoms with Crippen LogP contribution in [-0.4, -0.2) is 22.5 Å². The van der Waals surface area contributed by atoms with Crippen LogP contribution in [0.5, 0.6) is 5.75 Å². The summed E-state index contributed by atoms with van der Waals surface area (Å²) in [6.07, 6.45) is 0.522. The molecule has 23 heavy (non-hydrogen) atoms. The molecule has 3 aromatic rings. The first-order valence-corrected chi connectivity index (χ1v) is 7.39. The van der Waals surface area contributed by atoms with Crippen molar-refractivity contribution < 1.29 is 14.3 Å². The Labute approximate surface area is 133 Å². The van der Waals surface area contributed by atoms with Crippen molar-refractivity contribution in [2.45, 2.75) is 13.3 Å². The first kappa shape index (κ1) is 15.1. The number of amides is 1. The van der Waals surface area contributed by atoms with Gasteiger partial charge in [0.1, 0.15) is 11.6 Å². The topological polar surface area (TPSA) is 65.1 Å². The lowest BCUT2D eigenvalue weighted by atomic mass is 10.1. The summed E-state index contributed by atoms with van der Waals surface area (Å²) < 4.78 is 13.4. The zero-order valence-corrected chi connectivity index (χ0v) is 12.7. The van der Waals surface area contributed by atoms with Crippen molar-refractivity contribution in [2.24, 2.45) is 0 Å². The van der Waals surface area contributed by atoms with Gasteiger partial charge in [-0.1, -0.05) is 18.2 Å². The second-order valence-corrected chi connectivity index (χ2v) is 5.45. The van der Waals surface area contributed by atoms with Crippen LogP contribution < -0.4 is 5.32 Å². The number of hydrogen-bond donors (Lipinski definition) is 3. The predicted octanol–water partition coefficient (Wildman–Crippen LogP) is 3.29. The molecule has 0 unspecified atom stereocenters. The van der Waals surface area contributed by atoms with Gasteiger partial charge in [0.2, 0.25) is 0 Å². The second-order valence-electron chi connectivity index (χ2n) is 5.45. The van der Waals surface area contributed by atoms with Crippen LogP contribution in [0.3, 0.4) is 0 Å². The molecule has 3 N–H and O–H groups in total. The van der Waals surface area contributed by atoms with Gasteiger partial charge in [0.15, 0.2) is 0 Å². The number of fused-ring (bicyclic) bond motifs is 1. The Balaban J connectivity index is 1.75. The minimum absolute atomic E-state index is 0.215. The van der Waals surface area contributed by atoms with E-state index in [0.29, 0.717) is 29.6 Å². The number of para-hydroxylation sites is 1. The number of aromatic amines is 1. The first-order chi connectivity index (χ1) is 11.1. The van der Waals surface area contributed by atoms with Crippen LogP contribution in [0.1, 0.15) is 21.6 Å². The Kier molecular flexibility index (Phi) is 4.02. The van der Waals surface area contributed by atoms with E-state index >= 15 is 0 Å². The van der Waals surface area contributed by atoms with Gasteiger partial charge >= 0.3 is 0 Å². The van der Waals surface area contributed by atoms with Gasteiger partial charge in [-0.2, -0.15) is 0 Å². The van der Waals surface area contributed by atoms with E-state index in [9.17, 15) is 14.3 Å². The van der Waals surface area contributed by atoms with E-state index in [0.717, 1.165) is 11.1 Å². The van der Waals surface area contributed by atoms with Crippen molar-refractivity contribution in [1.82, 2.24) is 10.3 Å². The normalized spacial score (nSPS) is 10.9. The molecule has 0 fully saturated rings. The lowest BCUT2D eigenvalue weighted by Crippen LogP contribution is -2.26. The summed E-state index contributed by atoms with van der Waals surface area (Å²) in [5.41, 5.74) is 2.66. The number of aromatic nitrogens is 1. The molecule has 1 heterocycles. The van der Waals surface area contributed by atoms with Crippen LogP contribution in [0.15, 0.2) is 42.5 Å². The predicted molar refractivity (Wildman–Crippen MR) is 87.1 cm³/mol. The number of H-pyrrole nitrogens is 1. The van der Waals surface area contributed by atoms with Gasteiger partial charge in [-0.25, -0.2) is 4.39 Å². The molecule has 3 rings (SSSR count). The molecule has 1 amide bonds. The number of hydrogen-bond acceptors (Lipinski definition) is 2. The molecule has 0 aliphatic heterocycles. The van der Waals surface area contributed by atoms with E-state index < -0.39 is 0 Å². The quantitative estimate of drug-likeness (QED) is 0.692. The van der Waals surface area contributed by atoms with E-state index in [-0.39, 0.29) is 17.5 Å². The molecule has 4 nitrogen and oxygen atoms in total. The zero-order chi connectivity index (χ0) is 16.4. The van der Waals surface area contributed by atoms with E-state index in [4.69, 9.17) is 0 Å². The first-order valence-electron chi connectivity index (χ1n) is 7.39. The molecule has 0 radical (unpaired) electrons. The molecular weight excluding hydrogens is 295 g/mol. The van der Waals surface area contributed by atoms with Gasteiger partial charge in [-0.3, -0.25) is 4.79 Å². The highest BCUT2D eigenvalue weighted by Crippen LogP contribution is 2.23. The number of phenolic OH excluding ortho intramolecular Hbond substituents is 1. The Hall–Kier alpha value is -2.82.